The zero-order valence-corrected chi connectivity index (χ0v) is 16.2. The van der Waals surface area contributed by atoms with Crippen LogP contribution < -0.4 is 9.47 Å². The molecule has 138 valence electrons. The highest BCUT2D eigenvalue weighted by atomic mass is 35.5. The molecule has 1 heterocycles. The number of nitrogens with zero attached hydrogens (tertiary/aromatic N) is 1. The molecule has 0 saturated carbocycles. The third-order valence-electron chi connectivity index (χ3n) is 3.83. The monoisotopic (exact) mass is 401 g/mol. The minimum Gasteiger partial charge on any atom is -0.481 e. The molecule has 1 unspecified atom stereocenters. The highest BCUT2D eigenvalue weighted by Gasteiger charge is 2.13. The Hall–Kier alpha value is -2.70. The van der Waals surface area contributed by atoms with Crippen molar-refractivity contribution < 1.29 is 18.5 Å². The minimum atomic E-state index is -1.06. The first-order chi connectivity index (χ1) is 13.0. The summed E-state index contributed by atoms with van der Waals surface area (Å²) in [5.41, 5.74) is 1.86. The predicted octanol–water partition coefficient (Wildman–Crippen LogP) is 4.37. The molecule has 3 aromatic rings. The zero-order valence-electron chi connectivity index (χ0n) is 14.6. The first kappa shape index (κ1) is 19.1. The number of carbonyl (C=O) groups is 1. The fourth-order valence-corrected chi connectivity index (χ4v) is 3.16. The molecule has 3 rings (SSSR count). The van der Waals surface area contributed by atoms with Gasteiger partial charge in [-0.25, -0.2) is 9.78 Å². The van der Waals surface area contributed by atoms with E-state index in [0.717, 1.165) is 10.5 Å². The molecule has 0 amide bonds. The van der Waals surface area contributed by atoms with Crippen LogP contribution in [0.2, 0.25) is 5.02 Å². The highest BCUT2D eigenvalue weighted by Crippen LogP contribution is 2.30. The van der Waals surface area contributed by atoms with Crippen molar-refractivity contribution in [2.24, 2.45) is 0 Å². The molecule has 0 aliphatic heterocycles. The van der Waals surface area contributed by atoms with E-state index in [1.165, 1.54) is 13.3 Å². The molecule has 0 N–H and O–H groups in total. The van der Waals surface area contributed by atoms with E-state index in [1.54, 1.807) is 48.7 Å². The fraction of sp³-hybridized carbons (Fsp3) is 0.100. The maximum atomic E-state index is 12.4. The molecular weight excluding hydrogens is 386 g/mol. The van der Waals surface area contributed by atoms with E-state index in [-0.39, 0.29) is 0 Å². The van der Waals surface area contributed by atoms with Gasteiger partial charge in [0.1, 0.15) is 5.75 Å². The van der Waals surface area contributed by atoms with Gasteiger partial charge in [-0.15, -0.1) is 0 Å². The number of aromatic nitrogens is 1. The Morgan fingerprint density at radius 3 is 2.41 bits per heavy atom. The molecule has 0 aliphatic rings. The largest absolute Gasteiger partial charge is 0.481 e. The van der Waals surface area contributed by atoms with Crippen molar-refractivity contribution in [3.8, 4) is 22.8 Å². The standard InChI is InChI=1S/C20H16ClNO4S/c1-25-19-10-6-15(12-22-19)26-20(23)14-5-9-18(21)17(11-14)13-3-7-16(8-4-13)27(2)24/h3-12H,1-2H3. The average Bonchev–Trinajstić information content (AvgIpc) is 2.69. The van der Waals surface area contributed by atoms with E-state index in [0.29, 0.717) is 27.8 Å². The molecule has 0 fully saturated rings. The van der Waals surface area contributed by atoms with Crippen molar-refractivity contribution in [2.45, 2.75) is 4.90 Å². The molecule has 1 atom stereocenters. The summed E-state index contributed by atoms with van der Waals surface area (Å²) in [5, 5.41) is 0.503. The number of pyridine rings is 1. The highest BCUT2D eigenvalue weighted by molar-refractivity contribution is 7.84. The van der Waals surface area contributed by atoms with Gasteiger partial charge in [-0.2, -0.15) is 0 Å². The fourth-order valence-electron chi connectivity index (χ4n) is 2.41. The van der Waals surface area contributed by atoms with Crippen LogP contribution in [0.15, 0.2) is 65.7 Å². The number of benzene rings is 2. The Labute approximate surface area is 164 Å². The summed E-state index contributed by atoms with van der Waals surface area (Å²) in [6.07, 6.45) is 3.03. The third kappa shape index (κ3) is 4.53. The number of rotatable bonds is 5. The van der Waals surface area contributed by atoms with E-state index in [9.17, 15) is 9.00 Å². The maximum absolute atomic E-state index is 12.4. The van der Waals surface area contributed by atoms with Crippen LogP contribution in [0.4, 0.5) is 0 Å². The van der Waals surface area contributed by atoms with Gasteiger partial charge >= 0.3 is 5.97 Å². The van der Waals surface area contributed by atoms with Gasteiger partial charge in [-0.1, -0.05) is 23.7 Å². The van der Waals surface area contributed by atoms with Crippen molar-refractivity contribution in [3.05, 3.63) is 71.4 Å². The maximum Gasteiger partial charge on any atom is 0.343 e. The van der Waals surface area contributed by atoms with E-state index >= 15 is 0 Å². The van der Waals surface area contributed by atoms with Gasteiger partial charge in [0.25, 0.3) is 0 Å². The van der Waals surface area contributed by atoms with Crippen LogP contribution in [-0.4, -0.2) is 28.5 Å². The Kier molecular flexibility index (Phi) is 5.88. The summed E-state index contributed by atoms with van der Waals surface area (Å²) in [7, 11) is 0.450. The second-order valence-electron chi connectivity index (χ2n) is 5.60. The lowest BCUT2D eigenvalue weighted by molar-refractivity contribution is 0.0734. The molecule has 0 bridgehead atoms. The van der Waals surface area contributed by atoms with E-state index in [2.05, 4.69) is 4.98 Å². The molecule has 5 nitrogen and oxygen atoms in total. The van der Waals surface area contributed by atoms with Crippen molar-refractivity contribution in [1.29, 1.82) is 0 Å². The smallest absolute Gasteiger partial charge is 0.343 e. The number of halogens is 1. The molecule has 0 aliphatic carbocycles. The van der Waals surface area contributed by atoms with Crippen molar-refractivity contribution >= 4 is 28.4 Å². The Bertz CT molecular complexity index is 988. The van der Waals surface area contributed by atoms with Crippen LogP contribution in [-0.2, 0) is 10.8 Å². The molecule has 27 heavy (non-hydrogen) atoms. The zero-order chi connectivity index (χ0) is 19.4. The lowest BCUT2D eigenvalue weighted by atomic mass is 10.0. The summed E-state index contributed by atoms with van der Waals surface area (Å²) in [6.45, 7) is 0. The van der Waals surface area contributed by atoms with E-state index < -0.39 is 16.8 Å². The van der Waals surface area contributed by atoms with Crippen molar-refractivity contribution in [2.75, 3.05) is 13.4 Å². The first-order valence-electron chi connectivity index (χ1n) is 7.93. The summed E-state index contributed by atoms with van der Waals surface area (Å²) in [4.78, 5) is 17.2. The molecule has 0 saturated heterocycles. The molecule has 1 aromatic heterocycles. The van der Waals surface area contributed by atoms with E-state index in [1.807, 2.05) is 12.1 Å². The molecule has 2 aromatic carbocycles. The Morgan fingerprint density at radius 2 is 1.81 bits per heavy atom. The van der Waals surface area contributed by atoms with Crippen molar-refractivity contribution in [3.63, 3.8) is 0 Å². The quantitative estimate of drug-likeness (QED) is 0.594. The second kappa shape index (κ2) is 8.33. The second-order valence-corrected chi connectivity index (χ2v) is 7.39. The topological polar surface area (TPSA) is 65.5 Å². The van der Waals surface area contributed by atoms with Crippen LogP contribution in [0, 0.1) is 0 Å². The number of hydrogen-bond acceptors (Lipinski definition) is 5. The van der Waals surface area contributed by atoms with Gasteiger partial charge in [-0.3, -0.25) is 4.21 Å². The normalized spacial score (nSPS) is 11.7. The summed E-state index contributed by atoms with van der Waals surface area (Å²) < 4.78 is 21.8. The Morgan fingerprint density at radius 1 is 1.07 bits per heavy atom. The number of carbonyl (C=O) groups excluding carboxylic acids is 1. The van der Waals surface area contributed by atoms with Crippen LogP contribution >= 0.6 is 11.6 Å². The van der Waals surface area contributed by atoms with Gasteiger partial charge in [0.05, 0.1) is 18.9 Å². The summed E-state index contributed by atoms with van der Waals surface area (Å²) in [6, 6.07) is 15.3. The van der Waals surface area contributed by atoms with Gasteiger partial charge in [0, 0.05) is 38.6 Å². The Balaban J connectivity index is 1.85. The SMILES string of the molecule is COc1ccc(OC(=O)c2ccc(Cl)c(-c3ccc(S(C)=O)cc3)c2)cn1. The average molecular weight is 402 g/mol. The van der Waals surface area contributed by atoms with Gasteiger partial charge in [-0.05, 0) is 42.0 Å². The van der Waals surface area contributed by atoms with Crippen LogP contribution in [0.1, 0.15) is 10.4 Å². The number of ether oxygens (including phenoxy) is 2. The molecular formula is C20H16ClNO4S. The summed E-state index contributed by atoms with van der Waals surface area (Å²) >= 11 is 6.30. The molecule has 7 heteroatoms. The van der Waals surface area contributed by atoms with Crippen LogP contribution in [0.3, 0.4) is 0 Å². The van der Waals surface area contributed by atoms with Crippen LogP contribution in [0.5, 0.6) is 11.6 Å². The lowest BCUT2D eigenvalue weighted by Crippen LogP contribution is -2.09. The lowest BCUT2D eigenvalue weighted by Gasteiger charge is -2.09. The number of hydrogen-bond donors (Lipinski definition) is 0. The van der Waals surface area contributed by atoms with Gasteiger partial charge in [0.2, 0.25) is 5.88 Å². The minimum absolute atomic E-state index is 0.312. The first-order valence-corrected chi connectivity index (χ1v) is 9.87. The summed E-state index contributed by atoms with van der Waals surface area (Å²) in [5.74, 6) is 0.221. The van der Waals surface area contributed by atoms with Gasteiger partial charge in [0.15, 0.2) is 0 Å². The molecule has 0 radical (unpaired) electrons. The van der Waals surface area contributed by atoms with Crippen LogP contribution in [0.25, 0.3) is 11.1 Å². The molecule has 0 spiro atoms. The van der Waals surface area contributed by atoms with Crippen molar-refractivity contribution in [1.82, 2.24) is 4.98 Å². The number of esters is 1. The number of methoxy groups -OCH3 is 1. The predicted molar refractivity (Wildman–Crippen MR) is 105 cm³/mol. The van der Waals surface area contributed by atoms with Gasteiger partial charge < -0.3 is 9.47 Å². The third-order valence-corrected chi connectivity index (χ3v) is 5.09. The van der Waals surface area contributed by atoms with E-state index in [4.69, 9.17) is 21.1 Å².